The molecule has 3 aromatic rings. The summed E-state index contributed by atoms with van der Waals surface area (Å²) in [6.07, 6.45) is 6.57. The van der Waals surface area contributed by atoms with Gasteiger partial charge in [0.25, 0.3) is 0 Å². The number of anilines is 2. The molecule has 26 heavy (non-hydrogen) atoms. The lowest BCUT2D eigenvalue weighted by atomic mass is 10.3. The van der Waals surface area contributed by atoms with Crippen LogP contribution >= 0.6 is 0 Å². The van der Waals surface area contributed by atoms with E-state index in [9.17, 15) is 0 Å². The molecule has 0 aliphatic carbocycles. The fourth-order valence-corrected chi connectivity index (χ4v) is 2.02. The van der Waals surface area contributed by atoms with Crippen LogP contribution in [0.3, 0.4) is 0 Å². The predicted octanol–water partition coefficient (Wildman–Crippen LogP) is 2.57. The number of hydrogen-bond donors (Lipinski definition) is 1. The van der Waals surface area contributed by atoms with Crippen LogP contribution in [-0.4, -0.2) is 38.9 Å². The number of pyridine rings is 2. The van der Waals surface area contributed by atoms with Crippen LogP contribution in [0, 0.1) is 0 Å². The molecular formula is C18H18N8. The minimum atomic E-state index is 0.560. The van der Waals surface area contributed by atoms with Crippen molar-refractivity contribution in [3.8, 4) is 0 Å². The first-order chi connectivity index (χ1) is 12.7. The number of hydrazone groups is 2. The summed E-state index contributed by atoms with van der Waals surface area (Å²) >= 11 is 0. The number of hydrogen-bond acceptors (Lipinski definition) is 8. The third kappa shape index (κ3) is 4.67. The van der Waals surface area contributed by atoms with Gasteiger partial charge in [-0.1, -0.05) is 12.1 Å². The van der Waals surface area contributed by atoms with E-state index in [1.165, 1.54) is 6.33 Å². The highest BCUT2D eigenvalue weighted by atomic mass is 15.5. The third-order valence-electron chi connectivity index (χ3n) is 3.41. The second-order valence-electron chi connectivity index (χ2n) is 5.31. The Morgan fingerprint density at radius 3 is 2.58 bits per heavy atom. The molecule has 0 atom stereocenters. The van der Waals surface area contributed by atoms with Gasteiger partial charge in [-0.25, -0.2) is 9.97 Å². The van der Waals surface area contributed by atoms with Gasteiger partial charge in [0.15, 0.2) is 11.6 Å². The van der Waals surface area contributed by atoms with Gasteiger partial charge in [0, 0.05) is 25.5 Å². The van der Waals surface area contributed by atoms with Crippen molar-refractivity contribution in [1.29, 1.82) is 0 Å². The summed E-state index contributed by atoms with van der Waals surface area (Å²) in [7, 11) is 1.80. The van der Waals surface area contributed by atoms with E-state index in [1.807, 2.05) is 43.3 Å². The van der Waals surface area contributed by atoms with Crippen LogP contribution in [0.15, 0.2) is 71.4 Å². The van der Waals surface area contributed by atoms with Crippen molar-refractivity contribution in [1.82, 2.24) is 19.9 Å². The van der Waals surface area contributed by atoms with Crippen molar-refractivity contribution in [2.75, 3.05) is 17.5 Å². The highest BCUT2D eigenvalue weighted by Crippen LogP contribution is 2.13. The summed E-state index contributed by atoms with van der Waals surface area (Å²) in [6, 6.07) is 13.1. The van der Waals surface area contributed by atoms with Crippen molar-refractivity contribution in [3.63, 3.8) is 0 Å². The van der Waals surface area contributed by atoms with Gasteiger partial charge < -0.3 is 0 Å². The topological polar surface area (TPSA) is 91.6 Å². The highest BCUT2D eigenvalue weighted by molar-refractivity contribution is 5.97. The molecule has 0 bridgehead atoms. The Morgan fingerprint density at radius 2 is 1.85 bits per heavy atom. The molecule has 0 saturated heterocycles. The maximum atomic E-state index is 4.33. The van der Waals surface area contributed by atoms with Gasteiger partial charge in [-0.15, -0.1) is 0 Å². The zero-order valence-corrected chi connectivity index (χ0v) is 14.5. The summed E-state index contributed by atoms with van der Waals surface area (Å²) in [5.41, 5.74) is 5.24. The Hall–Kier alpha value is -3.68. The van der Waals surface area contributed by atoms with Gasteiger partial charge in [-0.3, -0.25) is 20.4 Å². The molecule has 0 radical (unpaired) electrons. The molecule has 0 amide bonds. The highest BCUT2D eigenvalue weighted by Gasteiger charge is 2.03. The van der Waals surface area contributed by atoms with E-state index in [0.29, 0.717) is 11.6 Å². The Morgan fingerprint density at radius 1 is 1.04 bits per heavy atom. The Balaban J connectivity index is 1.69. The second-order valence-corrected chi connectivity index (χ2v) is 5.31. The van der Waals surface area contributed by atoms with E-state index in [2.05, 4.69) is 35.6 Å². The third-order valence-corrected chi connectivity index (χ3v) is 3.41. The number of rotatable bonds is 6. The summed E-state index contributed by atoms with van der Waals surface area (Å²) in [4.78, 5) is 16.8. The largest absolute Gasteiger partial charge is 0.261 e. The fourth-order valence-electron chi connectivity index (χ4n) is 2.02. The summed E-state index contributed by atoms with van der Waals surface area (Å²) in [5.74, 6) is 1.19. The summed E-state index contributed by atoms with van der Waals surface area (Å²) in [6.45, 7) is 1.88. The van der Waals surface area contributed by atoms with Crippen molar-refractivity contribution in [2.24, 2.45) is 10.2 Å². The van der Waals surface area contributed by atoms with Gasteiger partial charge in [0.05, 0.1) is 23.3 Å². The van der Waals surface area contributed by atoms with E-state index < -0.39 is 0 Å². The maximum Gasteiger partial charge on any atom is 0.154 e. The zero-order chi connectivity index (χ0) is 18.2. The first kappa shape index (κ1) is 17.2. The molecule has 3 rings (SSSR count). The minimum Gasteiger partial charge on any atom is -0.261 e. The summed E-state index contributed by atoms with van der Waals surface area (Å²) < 4.78 is 0. The van der Waals surface area contributed by atoms with Crippen LogP contribution in [0.1, 0.15) is 18.3 Å². The van der Waals surface area contributed by atoms with Crippen molar-refractivity contribution < 1.29 is 0 Å². The molecule has 0 saturated carbocycles. The lowest BCUT2D eigenvalue weighted by molar-refractivity contribution is 0.965. The smallest absolute Gasteiger partial charge is 0.154 e. The molecule has 3 aromatic heterocycles. The molecule has 130 valence electrons. The molecule has 8 nitrogen and oxygen atoms in total. The SMILES string of the molecule is C/C(=N\Nc1cc(N(C)/N=C/c2ccccn2)ncn1)c1ccccn1. The molecule has 0 aliphatic heterocycles. The lowest BCUT2D eigenvalue weighted by Crippen LogP contribution is -2.12. The fraction of sp³-hybridized carbons (Fsp3) is 0.111. The quantitative estimate of drug-likeness (QED) is 0.545. The monoisotopic (exact) mass is 346 g/mol. The first-order valence-corrected chi connectivity index (χ1v) is 7.95. The van der Waals surface area contributed by atoms with Gasteiger partial charge >= 0.3 is 0 Å². The van der Waals surface area contributed by atoms with E-state index in [-0.39, 0.29) is 0 Å². The van der Waals surface area contributed by atoms with E-state index in [1.54, 1.807) is 36.7 Å². The molecule has 0 aromatic carbocycles. The Bertz CT molecular complexity index is 893. The molecule has 0 unspecified atom stereocenters. The van der Waals surface area contributed by atoms with Crippen LogP contribution in [0.4, 0.5) is 11.6 Å². The molecular weight excluding hydrogens is 328 g/mol. The van der Waals surface area contributed by atoms with Gasteiger partial charge in [-0.2, -0.15) is 10.2 Å². The average molecular weight is 346 g/mol. The Kier molecular flexibility index (Phi) is 5.56. The van der Waals surface area contributed by atoms with Gasteiger partial charge in [0.2, 0.25) is 0 Å². The van der Waals surface area contributed by atoms with Crippen LogP contribution < -0.4 is 10.4 Å². The number of nitrogens with one attached hydrogen (secondary N) is 1. The number of aromatic nitrogens is 4. The lowest BCUT2D eigenvalue weighted by Gasteiger charge is -2.12. The molecule has 0 spiro atoms. The van der Waals surface area contributed by atoms with Gasteiger partial charge in [-0.05, 0) is 31.2 Å². The molecule has 0 aliphatic rings. The second kappa shape index (κ2) is 8.43. The Labute approximate surface area is 151 Å². The van der Waals surface area contributed by atoms with Crippen molar-refractivity contribution >= 4 is 23.6 Å². The standard InChI is InChI=1S/C18H18N8/c1-14(16-8-4-6-10-20-16)24-25-17-11-18(22-13-21-17)26(2)23-12-15-7-3-5-9-19-15/h3-13H,1-2H3,(H,21,22,25)/b23-12+,24-14+. The maximum absolute atomic E-state index is 4.33. The van der Waals surface area contributed by atoms with Crippen molar-refractivity contribution in [3.05, 3.63) is 72.6 Å². The van der Waals surface area contributed by atoms with Crippen LogP contribution in [0.25, 0.3) is 0 Å². The molecule has 0 fully saturated rings. The minimum absolute atomic E-state index is 0.560. The predicted molar refractivity (Wildman–Crippen MR) is 102 cm³/mol. The average Bonchev–Trinajstić information content (AvgIpc) is 2.72. The van der Waals surface area contributed by atoms with E-state index in [4.69, 9.17) is 0 Å². The van der Waals surface area contributed by atoms with E-state index in [0.717, 1.165) is 17.1 Å². The zero-order valence-electron chi connectivity index (χ0n) is 14.5. The molecule has 8 heteroatoms. The van der Waals surface area contributed by atoms with Crippen LogP contribution in [-0.2, 0) is 0 Å². The molecule has 3 heterocycles. The summed E-state index contributed by atoms with van der Waals surface area (Å²) in [5, 5.41) is 10.3. The van der Waals surface area contributed by atoms with E-state index >= 15 is 0 Å². The normalized spacial score (nSPS) is 11.5. The van der Waals surface area contributed by atoms with Gasteiger partial charge in [0.1, 0.15) is 6.33 Å². The van der Waals surface area contributed by atoms with Crippen LogP contribution in [0.5, 0.6) is 0 Å². The van der Waals surface area contributed by atoms with Crippen molar-refractivity contribution in [2.45, 2.75) is 6.92 Å². The molecule has 1 N–H and O–H groups in total. The first-order valence-electron chi connectivity index (χ1n) is 7.95. The van der Waals surface area contributed by atoms with Crippen LogP contribution in [0.2, 0.25) is 0 Å². The number of nitrogens with zero attached hydrogens (tertiary/aromatic N) is 7.